The minimum absolute atomic E-state index is 0.325. The molecule has 0 bridgehead atoms. The first-order chi connectivity index (χ1) is 8.51. The number of rotatable bonds is 4. The number of hydrogen-bond acceptors (Lipinski definition) is 2. The normalized spacial score (nSPS) is 24.4. The molecular weight excluding hydrogens is 226 g/mol. The lowest BCUT2D eigenvalue weighted by molar-refractivity contribution is 0.139. The van der Waals surface area contributed by atoms with Crippen LogP contribution in [0.4, 0.5) is 4.79 Å². The van der Waals surface area contributed by atoms with Gasteiger partial charge in [-0.05, 0) is 22.8 Å². The number of amides is 1. The number of carbonyl (C=O) groups excluding carboxylic acids is 1. The highest BCUT2D eigenvalue weighted by molar-refractivity contribution is 5.67. The Morgan fingerprint density at radius 3 is 2.50 bits per heavy atom. The minimum atomic E-state index is -0.325. The molecule has 1 aliphatic rings. The van der Waals surface area contributed by atoms with Gasteiger partial charge in [-0.25, -0.2) is 4.79 Å². The molecule has 0 aliphatic heterocycles. The molecule has 1 saturated carbocycles. The van der Waals surface area contributed by atoms with Gasteiger partial charge in [0.1, 0.15) is 6.61 Å². The van der Waals surface area contributed by atoms with Crippen molar-refractivity contribution in [1.29, 1.82) is 0 Å². The Balaban J connectivity index is 1.68. The third-order valence-electron chi connectivity index (χ3n) is 4.30. The zero-order valence-electron chi connectivity index (χ0n) is 11.3. The highest BCUT2D eigenvalue weighted by atomic mass is 16.5. The first-order valence-electron chi connectivity index (χ1n) is 6.46. The maximum absolute atomic E-state index is 11.5. The Bertz CT molecular complexity index is 414. The minimum Gasteiger partial charge on any atom is -0.445 e. The number of hydrogen-bond donors (Lipinski definition) is 1. The van der Waals surface area contributed by atoms with Crippen LogP contribution in [-0.4, -0.2) is 12.6 Å². The summed E-state index contributed by atoms with van der Waals surface area (Å²) in [6.07, 6.45) is -0.325. The first-order valence-corrected chi connectivity index (χ1v) is 6.46. The van der Waals surface area contributed by atoms with Crippen molar-refractivity contribution in [3.8, 4) is 0 Å². The molecule has 1 aliphatic carbocycles. The third-order valence-corrected chi connectivity index (χ3v) is 4.30. The fraction of sp³-hybridized carbons (Fsp3) is 0.533. The Morgan fingerprint density at radius 1 is 1.33 bits per heavy atom. The molecule has 0 aromatic heterocycles. The summed E-state index contributed by atoms with van der Waals surface area (Å²) in [6.45, 7) is 7.73. The Kier molecular flexibility index (Phi) is 3.60. The van der Waals surface area contributed by atoms with Gasteiger partial charge < -0.3 is 10.1 Å². The van der Waals surface area contributed by atoms with Crippen LogP contribution in [-0.2, 0) is 11.3 Å². The summed E-state index contributed by atoms with van der Waals surface area (Å²) < 4.78 is 5.16. The first kappa shape index (κ1) is 12.9. The molecule has 3 nitrogen and oxygen atoms in total. The Labute approximate surface area is 109 Å². The number of carbonyl (C=O) groups is 1. The summed E-state index contributed by atoms with van der Waals surface area (Å²) in [5.41, 5.74) is 1.36. The van der Waals surface area contributed by atoms with Crippen LogP contribution in [0.2, 0.25) is 0 Å². The summed E-state index contributed by atoms with van der Waals surface area (Å²) in [4.78, 5) is 11.5. The van der Waals surface area contributed by atoms with E-state index in [1.54, 1.807) is 0 Å². The number of alkyl carbamates (subject to hydrolysis) is 1. The topological polar surface area (TPSA) is 38.3 Å². The zero-order valence-corrected chi connectivity index (χ0v) is 11.3. The predicted octanol–water partition coefficient (Wildman–Crippen LogP) is 3.20. The summed E-state index contributed by atoms with van der Waals surface area (Å²) in [5, 5.41) is 2.84. The van der Waals surface area contributed by atoms with Crippen LogP contribution in [0, 0.1) is 17.3 Å². The van der Waals surface area contributed by atoms with Crippen LogP contribution in [0.25, 0.3) is 0 Å². The van der Waals surface area contributed by atoms with Crippen molar-refractivity contribution >= 4 is 6.09 Å². The molecule has 1 N–H and O–H groups in total. The average molecular weight is 247 g/mol. The van der Waals surface area contributed by atoms with E-state index in [1.165, 1.54) is 0 Å². The van der Waals surface area contributed by atoms with Crippen molar-refractivity contribution in [1.82, 2.24) is 5.32 Å². The Hall–Kier alpha value is -1.51. The monoisotopic (exact) mass is 247 g/mol. The van der Waals surface area contributed by atoms with Crippen LogP contribution in [0.1, 0.15) is 26.3 Å². The van der Waals surface area contributed by atoms with Crippen LogP contribution in [0.15, 0.2) is 30.3 Å². The van der Waals surface area contributed by atoms with E-state index in [4.69, 9.17) is 4.74 Å². The highest BCUT2D eigenvalue weighted by Gasteiger charge is 2.54. The molecule has 0 saturated heterocycles. The second-order valence-electron chi connectivity index (χ2n) is 5.66. The van der Waals surface area contributed by atoms with Gasteiger partial charge in [-0.15, -0.1) is 0 Å². The number of nitrogens with one attached hydrogen (secondary N) is 1. The van der Waals surface area contributed by atoms with Crippen molar-refractivity contribution in [2.75, 3.05) is 6.54 Å². The van der Waals surface area contributed by atoms with Gasteiger partial charge in [0, 0.05) is 6.54 Å². The van der Waals surface area contributed by atoms with Crippen molar-refractivity contribution in [2.24, 2.45) is 17.3 Å². The molecular formula is C15H21NO2. The fourth-order valence-corrected chi connectivity index (χ4v) is 2.43. The molecule has 1 aromatic rings. The zero-order chi connectivity index (χ0) is 13.2. The quantitative estimate of drug-likeness (QED) is 0.887. The molecule has 1 fully saturated rings. The van der Waals surface area contributed by atoms with Crippen molar-refractivity contribution in [2.45, 2.75) is 27.4 Å². The van der Waals surface area contributed by atoms with Gasteiger partial charge in [-0.2, -0.15) is 0 Å². The third kappa shape index (κ3) is 2.84. The molecule has 0 spiro atoms. The van der Waals surface area contributed by atoms with Gasteiger partial charge >= 0.3 is 6.09 Å². The van der Waals surface area contributed by atoms with E-state index in [-0.39, 0.29) is 6.09 Å². The summed E-state index contributed by atoms with van der Waals surface area (Å²) >= 11 is 0. The molecule has 2 atom stereocenters. The van der Waals surface area contributed by atoms with E-state index < -0.39 is 0 Å². The van der Waals surface area contributed by atoms with Crippen LogP contribution < -0.4 is 5.32 Å². The lowest BCUT2D eigenvalue weighted by Gasteiger charge is -2.07. The smallest absolute Gasteiger partial charge is 0.407 e. The van der Waals surface area contributed by atoms with Crippen molar-refractivity contribution in [3.05, 3.63) is 35.9 Å². The lowest BCUT2D eigenvalue weighted by Crippen LogP contribution is -2.27. The largest absolute Gasteiger partial charge is 0.445 e. The molecule has 98 valence electrons. The van der Waals surface area contributed by atoms with E-state index >= 15 is 0 Å². The van der Waals surface area contributed by atoms with Gasteiger partial charge in [-0.3, -0.25) is 0 Å². The molecule has 1 aromatic carbocycles. The van der Waals surface area contributed by atoms with Gasteiger partial charge in [-0.1, -0.05) is 51.1 Å². The molecule has 2 unspecified atom stereocenters. The number of benzene rings is 1. The van der Waals surface area contributed by atoms with Crippen LogP contribution >= 0.6 is 0 Å². The van der Waals surface area contributed by atoms with Gasteiger partial charge in [0.2, 0.25) is 0 Å². The molecule has 3 heteroatoms. The van der Waals surface area contributed by atoms with E-state index in [0.29, 0.717) is 30.4 Å². The van der Waals surface area contributed by atoms with Gasteiger partial charge in [0.05, 0.1) is 0 Å². The summed E-state index contributed by atoms with van der Waals surface area (Å²) in [6, 6.07) is 9.70. The number of ether oxygens (including phenoxy) is 1. The molecule has 2 rings (SSSR count). The van der Waals surface area contributed by atoms with Gasteiger partial charge in [0.25, 0.3) is 0 Å². The SMILES string of the molecule is CC1C(CNC(=O)OCc2ccccc2)C1(C)C. The average Bonchev–Trinajstić information content (AvgIpc) is 2.84. The van der Waals surface area contributed by atoms with Crippen LogP contribution in [0.5, 0.6) is 0 Å². The highest BCUT2D eigenvalue weighted by Crippen LogP contribution is 2.57. The van der Waals surface area contributed by atoms with E-state index in [0.717, 1.165) is 5.56 Å². The fourth-order valence-electron chi connectivity index (χ4n) is 2.43. The molecule has 0 radical (unpaired) electrons. The second kappa shape index (κ2) is 5.01. The predicted molar refractivity (Wildman–Crippen MR) is 71.1 cm³/mol. The van der Waals surface area contributed by atoms with E-state index in [9.17, 15) is 4.79 Å². The van der Waals surface area contributed by atoms with Crippen LogP contribution in [0.3, 0.4) is 0 Å². The standard InChI is InChI=1S/C15H21NO2/c1-11-13(15(11,2)3)9-16-14(17)18-10-12-7-5-4-6-8-12/h4-8,11,13H,9-10H2,1-3H3,(H,16,17). The molecule has 18 heavy (non-hydrogen) atoms. The van der Waals surface area contributed by atoms with Crippen molar-refractivity contribution in [3.63, 3.8) is 0 Å². The summed E-state index contributed by atoms with van der Waals surface area (Å²) in [7, 11) is 0. The maximum atomic E-state index is 11.5. The summed E-state index contributed by atoms with van der Waals surface area (Å²) in [5.74, 6) is 1.24. The van der Waals surface area contributed by atoms with Gasteiger partial charge in [0.15, 0.2) is 0 Å². The molecule has 1 amide bonds. The van der Waals surface area contributed by atoms with E-state index in [2.05, 4.69) is 26.1 Å². The molecule has 0 heterocycles. The van der Waals surface area contributed by atoms with E-state index in [1.807, 2.05) is 30.3 Å². The second-order valence-corrected chi connectivity index (χ2v) is 5.66. The van der Waals surface area contributed by atoms with Crippen molar-refractivity contribution < 1.29 is 9.53 Å². The Morgan fingerprint density at radius 2 is 1.94 bits per heavy atom. The maximum Gasteiger partial charge on any atom is 0.407 e. The lowest BCUT2D eigenvalue weighted by atomic mass is 10.1.